The molecule has 1 saturated carbocycles. The molecule has 0 aliphatic heterocycles. The number of nitrogens with two attached hydrogens (primary N) is 1. The Labute approximate surface area is 156 Å². The van der Waals surface area contributed by atoms with Crippen molar-refractivity contribution in [3.05, 3.63) is 41.2 Å². The van der Waals surface area contributed by atoms with Gasteiger partial charge in [-0.05, 0) is 50.1 Å². The Bertz CT molecular complexity index is 944. The number of rotatable bonds is 4. The van der Waals surface area contributed by atoms with E-state index in [4.69, 9.17) is 5.73 Å². The zero-order valence-electron chi connectivity index (χ0n) is 14.8. The Morgan fingerprint density at radius 2 is 1.96 bits per heavy atom. The van der Waals surface area contributed by atoms with Crippen LogP contribution in [0.25, 0.3) is 21.3 Å². The lowest BCUT2D eigenvalue weighted by molar-refractivity contribution is -0.123. The van der Waals surface area contributed by atoms with Gasteiger partial charge < -0.3 is 5.73 Å². The Kier molecular flexibility index (Phi) is 4.78. The SMILES string of the molecule is Cc1nnc(-c2ccc3cnc(CC(=O)C4CCC(N)CC4)cc3c2)s1. The Morgan fingerprint density at radius 3 is 2.69 bits per heavy atom. The average molecular weight is 366 g/mol. The van der Waals surface area contributed by atoms with Crippen LogP contribution in [0.15, 0.2) is 30.5 Å². The summed E-state index contributed by atoms with van der Waals surface area (Å²) < 4.78 is 0. The minimum atomic E-state index is 0.142. The third kappa shape index (κ3) is 3.66. The van der Waals surface area contributed by atoms with Crippen molar-refractivity contribution in [2.45, 2.75) is 45.1 Å². The molecule has 1 aliphatic rings. The fourth-order valence-corrected chi connectivity index (χ4v) is 4.28. The number of aromatic nitrogens is 3. The number of hydrogen-bond acceptors (Lipinski definition) is 6. The number of carbonyl (C=O) groups is 1. The van der Waals surface area contributed by atoms with Crippen LogP contribution in [-0.4, -0.2) is 27.0 Å². The van der Waals surface area contributed by atoms with E-state index in [1.54, 1.807) is 11.3 Å². The van der Waals surface area contributed by atoms with E-state index in [0.29, 0.717) is 12.2 Å². The zero-order valence-corrected chi connectivity index (χ0v) is 15.6. The molecule has 2 heterocycles. The predicted octanol–water partition coefficient (Wildman–Crippen LogP) is 3.69. The third-order valence-corrected chi connectivity index (χ3v) is 6.02. The average Bonchev–Trinajstić information content (AvgIpc) is 3.08. The van der Waals surface area contributed by atoms with E-state index in [1.807, 2.05) is 31.3 Å². The summed E-state index contributed by atoms with van der Waals surface area (Å²) in [6, 6.07) is 8.48. The summed E-state index contributed by atoms with van der Waals surface area (Å²) in [6.07, 6.45) is 5.97. The molecule has 26 heavy (non-hydrogen) atoms. The normalized spacial score (nSPS) is 20.4. The molecule has 134 valence electrons. The van der Waals surface area contributed by atoms with Crippen LogP contribution in [0, 0.1) is 12.8 Å². The number of fused-ring (bicyclic) bond motifs is 1. The van der Waals surface area contributed by atoms with Gasteiger partial charge in [0.1, 0.15) is 15.8 Å². The molecular weight excluding hydrogens is 344 g/mol. The molecule has 1 aromatic carbocycles. The molecule has 2 N–H and O–H groups in total. The van der Waals surface area contributed by atoms with Crippen LogP contribution in [-0.2, 0) is 11.2 Å². The largest absolute Gasteiger partial charge is 0.328 e. The summed E-state index contributed by atoms with van der Waals surface area (Å²) in [5.41, 5.74) is 7.83. The highest BCUT2D eigenvalue weighted by atomic mass is 32.1. The van der Waals surface area contributed by atoms with Crippen LogP contribution < -0.4 is 5.73 Å². The van der Waals surface area contributed by atoms with Gasteiger partial charge in [-0.2, -0.15) is 0 Å². The number of nitrogens with zero attached hydrogens (tertiary/aromatic N) is 3. The summed E-state index contributed by atoms with van der Waals surface area (Å²) >= 11 is 1.58. The number of Topliss-reactive ketones (excluding diaryl/α,β-unsaturated/α-hetero) is 1. The van der Waals surface area contributed by atoms with Gasteiger partial charge in [0.2, 0.25) is 0 Å². The van der Waals surface area contributed by atoms with E-state index in [-0.39, 0.29) is 12.0 Å². The molecule has 0 spiro atoms. The van der Waals surface area contributed by atoms with Gasteiger partial charge in [0.25, 0.3) is 0 Å². The minimum absolute atomic E-state index is 0.142. The van der Waals surface area contributed by atoms with Crippen molar-refractivity contribution in [3.63, 3.8) is 0 Å². The molecule has 0 bridgehead atoms. The van der Waals surface area contributed by atoms with E-state index < -0.39 is 0 Å². The van der Waals surface area contributed by atoms with E-state index >= 15 is 0 Å². The lowest BCUT2D eigenvalue weighted by atomic mass is 9.82. The van der Waals surface area contributed by atoms with Gasteiger partial charge in [-0.1, -0.05) is 23.5 Å². The van der Waals surface area contributed by atoms with E-state index in [2.05, 4.69) is 21.2 Å². The number of aryl methyl sites for hydroxylation is 1. The second kappa shape index (κ2) is 7.21. The van der Waals surface area contributed by atoms with Gasteiger partial charge in [-0.15, -0.1) is 10.2 Å². The first-order chi connectivity index (χ1) is 12.6. The summed E-state index contributed by atoms with van der Waals surface area (Å²) in [5, 5.41) is 12.3. The van der Waals surface area contributed by atoms with Gasteiger partial charge >= 0.3 is 0 Å². The lowest BCUT2D eigenvalue weighted by Crippen LogP contribution is -2.30. The van der Waals surface area contributed by atoms with Gasteiger partial charge in [0.15, 0.2) is 0 Å². The van der Waals surface area contributed by atoms with Crippen molar-refractivity contribution in [3.8, 4) is 10.6 Å². The van der Waals surface area contributed by atoms with Crippen LogP contribution in [0.5, 0.6) is 0 Å². The van der Waals surface area contributed by atoms with Gasteiger partial charge in [-0.3, -0.25) is 9.78 Å². The Hall–Kier alpha value is -2.18. The molecule has 1 fully saturated rings. The van der Waals surface area contributed by atoms with Gasteiger partial charge in [-0.25, -0.2) is 0 Å². The van der Waals surface area contributed by atoms with Gasteiger partial charge in [0, 0.05) is 41.2 Å². The number of hydrogen-bond donors (Lipinski definition) is 1. The maximum Gasteiger partial charge on any atom is 0.147 e. The lowest BCUT2D eigenvalue weighted by Gasteiger charge is -2.24. The zero-order chi connectivity index (χ0) is 18.1. The predicted molar refractivity (Wildman–Crippen MR) is 104 cm³/mol. The third-order valence-electron chi connectivity index (χ3n) is 5.13. The molecule has 3 aromatic rings. The first kappa shape index (κ1) is 17.2. The van der Waals surface area contributed by atoms with Crippen molar-refractivity contribution in [2.75, 3.05) is 0 Å². The molecule has 1 aliphatic carbocycles. The molecule has 0 unspecified atom stereocenters. The van der Waals surface area contributed by atoms with E-state index in [1.165, 1.54) is 0 Å². The van der Waals surface area contributed by atoms with Crippen LogP contribution in [0.3, 0.4) is 0 Å². The Morgan fingerprint density at radius 1 is 1.15 bits per heavy atom. The van der Waals surface area contributed by atoms with Crippen molar-refractivity contribution in [2.24, 2.45) is 11.7 Å². The van der Waals surface area contributed by atoms with Gasteiger partial charge in [0.05, 0.1) is 0 Å². The second-order valence-corrected chi connectivity index (χ2v) is 8.30. The number of benzene rings is 1. The molecule has 4 rings (SSSR count). The van der Waals surface area contributed by atoms with E-state index in [0.717, 1.165) is 57.7 Å². The van der Waals surface area contributed by atoms with Crippen LogP contribution >= 0.6 is 11.3 Å². The summed E-state index contributed by atoms with van der Waals surface area (Å²) in [6.45, 7) is 1.95. The minimum Gasteiger partial charge on any atom is -0.328 e. The summed E-state index contributed by atoms with van der Waals surface area (Å²) in [7, 11) is 0. The molecule has 2 aromatic heterocycles. The number of carbonyl (C=O) groups excluding carboxylic acids is 1. The van der Waals surface area contributed by atoms with Crippen molar-refractivity contribution in [1.29, 1.82) is 0 Å². The van der Waals surface area contributed by atoms with E-state index in [9.17, 15) is 4.79 Å². The Balaban J connectivity index is 1.55. The highest BCUT2D eigenvalue weighted by Gasteiger charge is 2.24. The second-order valence-electron chi connectivity index (χ2n) is 7.12. The molecule has 5 nitrogen and oxygen atoms in total. The summed E-state index contributed by atoms with van der Waals surface area (Å²) in [5.74, 6) is 0.433. The molecule has 0 amide bonds. The van der Waals surface area contributed by atoms with Crippen LogP contribution in [0.4, 0.5) is 0 Å². The van der Waals surface area contributed by atoms with Crippen molar-refractivity contribution < 1.29 is 4.79 Å². The fraction of sp³-hybridized carbons (Fsp3) is 0.400. The smallest absolute Gasteiger partial charge is 0.147 e. The van der Waals surface area contributed by atoms with Crippen LogP contribution in [0.2, 0.25) is 0 Å². The molecule has 0 radical (unpaired) electrons. The van der Waals surface area contributed by atoms with Crippen molar-refractivity contribution in [1.82, 2.24) is 15.2 Å². The highest BCUT2D eigenvalue weighted by molar-refractivity contribution is 7.14. The molecule has 0 saturated heterocycles. The maximum absolute atomic E-state index is 12.6. The fourth-order valence-electron chi connectivity index (χ4n) is 3.59. The molecule has 0 atom stereocenters. The first-order valence-electron chi connectivity index (χ1n) is 9.06. The van der Waals surface area contributed by atoms with Crippen molar-refractivity contribution >= 4 is 27.9 Å². The standard InChI is InChI=1S/C20H22N4OS/c1-12-23-24-20(26-12)14-2-3-15-11-22-18(9-16(15)8-14)10-19(25)13-4-6-17(21)7-5-13/h2-3,8-9,11,13,17H,4-7,10,21H2,1H3. The monoisotopic (exact) mass is 366 g/mol. The number of ketones is 1. The summed E-state index contributed by atoms with van der Waals surface area (Å²) in [4.78, 5) is 17.1. The molecular formula is C20H22N4OS. The quantitative estimate of drug-likeness (QED) is 0.761. The van der Waals surface area contributed by atoms with Crippen LogP contribution in [0.1, 0.15) is 36.4 Å². The first-order valence-corrected chi connectivity index (χ1v) is 9.87. The highest BCUT2D eigenvalue weighted by Crippen LogP contribution is 2.28. The number of pyridine rings is 1. The molecule has 6 heteroatoms. The maximum atomic E-state index is 12.6. The topological polar surface area (TPSA) is 81.8 Å².